The van der Waals surface area contributed by atoms with Gasteiger partial charge in [-0.15, -0.1) is 0 Å². The highest BCUT2D eigenvalue weighted by Gasteiger charge is 2.32. The first kappa shape index (κ1) is 10.9. The molecule has 0 aromatic carbocycles. The van der Waals surface area contributed by atoms with E-state index in [1.54, 1.807) is 0 Å². The molecule has 0 N–H and O–H groups in total. The Morgan fingerprint density at radius 1 is 1.36 bits per heavy atom. The Morgan fingerprint density at radius 3 is 2.29 bits per heavy atom. The summed E-state index contributed by atoms with van der Waals surface area (Å²) in [6.07, 6.45) is 3.79. The van der Waals surface area contributed by atoms with Crippen LogP contribution in [0.3, 0.4) is 0 Å². The zero-order chi connectivity index (χ0) is 10.8. The van der Waals surface area contributed by atoms with Crippen molar-refractivity contribution in [3.05, 3.63) is 23.3 Å². The summed E-state index contributed by atoms with van der Waals surface area (Å²) in [6.45, 7) is 5.57. The number of rotatable bonds is 3. The van der Waals surface area contributed by atoms with E-state index in [1.165, 1.54) is 12.2 Å². The molecule has 14 heavy (non-hydrogen) atoms. The molecule has 0 saturated heterocycles. The third kappa shape index (κ3) is 1.82. The number of hydrogen-bond acceptors (Lipinski definition) is 3. The third-order valence-electron chi connectivity index (χ3n) is 2.66. The minimum atomic E-state index is -0.602. The molecule has 1 aliphatic rings. The van der Waals surface area contributed by atoms with Crippen molar-refractivity contribution in [3.8, 4) is 0 Å². The summed E-state index contributed by atoms with van der Waals surface area (Å²) in [5, 5.41) is 0. The third-order valence-corrected chi connectivity index (χ3v) is 2.66. The lowest BCUT2D eigenvalue weighted by molar-refractivity contribution is -0.115. The Kier molecular flexibility index (Phi) is 3.01. The van der Waals surface area contributed by atoms with E-state index in [-0.39, 0.29) is 12.4 Å². The number of ether oxygens (including phenoxy) is 1. The van der Waals surface area contributed by atoms with E-state index in [1.807, 2.05) is 20.8 Å². The van der Waals surface area contributed by atoms with Crippen molar-refractivity contribution in [1.82, 2.24) is 0 Å². The molecule has 0 aromatic heterocycles. The van der Waals surface area contributed by atoms with Crippen molar-refractivity contribution in [2.45, 2.75) is 26.4 Å². The highest BCUT2D eigenvalue weighted by atomic mass is 16.5. The van der Waals surface area contributed by atoms with Crippen molar-refractivity contribution in [3.63, 3.8) is 0 Å². The Labute approximate surface area is 83.4 Å². The Morgan fingerprint density at radius 2 is 1.86 bits per heavy atom. The van der Waals surface area contributed by atoms with Crippen molar-refractivity contribution >= 4 is 12.1 Å². The fraction of sp³-hybridized carbons (Fsp3) is 0.455. The number of aldehydes is 1. The highest BCUT2D eigenvalue weighted by molar-refractivity contribution is 6.02. The van der Waals surface area contributed by atoms with Gasteiger partial charge in [-0.3, -0.25) is 4.79 Å². The Balaban J connectivity index is 2.96. The summed E-state index contributed by atoms with van der Waals surface area (Å²) in [5.41, 5.74) is 1.07. The van der Waals surface area contributed by atoms with Gasteiger partial charge in [-0.05, 0) is 44.1 Å². The topological polar surface area (TPSA) is 43.4 Å². The van der Waals surface area contributed by atoms with Gasteiger partial charge in [0.15, 0.2) is 5.78 Å². The molecule has 0 fully saturated rings. The van der Waals surface area contributed by atoms with E-state index in [2.05, 4.69) is 0 Å². The second-order valence-corrected chi connectivity index (χ2v) is 3.57. The van der Waals surface area contributed by atoms with E-state index in [0.717, 1.165) is 11.1 Å². The number of carbonyl (C=O) groups is 2. The number of carbonyl (C=O) groups excluding carboxylic acids is 2. The normalized spacial score (nSPS) is 20.1. The maximum absolute atomic E-state index is 11.2. The SMILES string of the molecule is CC1=CC(=O)C=C(C)C1(C)OCC=O. The molecule has 0 bridgehead atoms. The summed E-state index contributed by atoms with van der Waals surface area (Å²) in [5.74, 6) is -0.0211. The maximum atomic E-state index is 11.2. The van der Waals surface area contributed by atoms with Gasteiger partial charge in [-0.25, -0.2) is 0 Å². The Bertz CT molecular complexity index is 301. The van der Waals surface area contributed by atoms with Crippen LogP contribution in [-0.4, -0.2) is 24.3 Å². The van der Waals surface area contributed by atoms with Gasteiger partial charge >= 0.3 is 0 Å². The summed E-state index contributed by atoms with van der Waals surface area (Å²) in [4.78, 5) is 21.4. The van der Waals surface area contributed by atoms with Crippen molar-refractivity contribution < 1.29 is 14.3 Å². The van der Waals surface area contributed by atoms with Crippen LogP contribution in [0.5, 0.6) is 0 Å². The Hall–Kier alpha value is -1.22. The molecule has 1 rings (SSSR count). The second kappa shape index (κ2) is 3.88. The molecule has 0 atom stereocenters. The predicted molar refractivity (Wildman–Crippen MR) is 52.9 cm³/mol. The zero-order valence-electron chi connectivity index (χ0n) is 8.66. The largest absolute Gasteiger partial charge is 0.359 e. The molecule has 0 spiro atoms. The van der Waals surface area contributed by atoms with Gasteiger partial charge in [0.05, 0.1) is 0 Å². The number of allylic oxidation sites excluding steroid dienone is 2. The summed E-state index contributed by atoms with van der Waals surface area (Å²) >= 11 is 0. The molecule has 1 aliphatic carbocycles. The summed E-state index contributed by atoms with van der Waals surface area (Å²) < 4.78 is 5.44. The zero-order valence-corrected chi connectivity index (χ0v) is 8.66. The molecule has 0 aromatic rings. The average Bonchev–Trinajstić information content (AvgIpc) is 2.11. The first-order chi connectivity index (χ1) is 6.50. The first-order valence-corrected chi connectivity index (χ1v) is 4.50. The van der Waals surface area contributed by atoms with E-state index in [4.69, 9.17) is 4.74 Å². The highest BCUT2D eigenvalue weighted by Crippen LogP contribution is 2.32. The van der Waals surface area contributed by atoms with Gasteiger partial charge < -0.3 is 9.53 Å². The van der Waals surface area contributed by atoms with Crippen LogP contribution in [-0.2, 0) is 14.3 Å². The quantitative estimate of drug-likeness (QED) is 0.638. The van der Waals surface area contributed by atoms with Crippen molar-refractivity contribution in [2.75, 3.05) is 6.61 Å². The van der Waals surface area contributed by atoms with Gasteiger partial charge in [-0.1, -0.05) is 0 Å². The molecule has 0 saturated carbocycles. The maximum Gasteiger partial charge on any atom is 0.178 e. The fourth-order valence-electron chi connectivity index (χ4n) is 1.48. The lowest BCUT2D eigenvalue weighted by atomic mass is 9.84. The van der Waals surface area contributed by atoms with Gasteiger partial charge in [0.25, 0.3) is 0 Å². The van der Waals surface area contributed by atoms with E-state index in [9.17, 15) is 9.59 Å². The van der Waals surface area contributed by atoms with Crippen LogP contribution in [0.1, 0.15) is 20.8 Å². The van der Waals surface area contributed by atoms with Crippen LogP contribution >= 0.6 is 0 Å². The monoisotopic (exact) mass is 194 g/mol. The predicted octanol–water partition coefficient (Wildman–Crippen LogP) is 1.44. The van der Waals surface area contributed by atoms with E-state index in [0.29, 0.717) is 6.29 Å². The van der Waals surface area contributed by atoms with Gasteiger partial charge in [0.1, 0.15) is 18.5 Å². The van der Waals surface area contributed by atoms with Crippen LogP contribution in [0.2, 0.25) is 0 Å². The van der Waals surface area contributed by atoms with Gasteiger partial charge in [0.2, 0.25) is 0 Å². The van der Waals surface area contributed by atoms with Crippen LogP contribution in [0, 0.1) is 0 Å². The molecule has 3 heteroatoms. The molecule has 0 aliphatic heterocycles. The average molecular weight is 194 g/mol. The van der Waals surface area contributed by atoms with E-state index >= 15 is 0 Å². The van der Waals surface area contributed by atoms with Crippen LogP contribution < -0.4 is 0 Å². The minimum Gasteiger partial charge on any atom is -0.359 e. The lowest BCUT2D eigenvalue weighted by Gasteiger charge is -2.33. The molecular formula is C11H14O3. The number of hydrogen-bond donors (Lipinski definition) is 0. The molecule has 0 amide bonds. The number of ketones is 1. The molecule has 3 nitrogen and oxygen atoms in total. The second-order valence-electron chi connectivity index (χ2n) is 3.57. The molecule has 76 valence electrons. The van der Waals surface area contributed by atoms with E-state index < -0.39 is 5.60 Å². The van der Waals surface area contributed by atoms with Crippen LogP contribution in [0.25, 0.3) is 0 Å². The minimum absolute atomic E-state index is 0.0211. The smallest absolute Gasteiger partial charge is 0.178 e. The molecule has 0 radical (unpaired) electrons. The molecule has 0 unspecified atom stereocenters. The lowest BCUT2D eigenvalue weighted by Crippen LogP contribution is -2.35. The first-order valence-electron chi connectivity index (χ1n) is 4.50. The van der Waals surface area contributed by atoms with Crippen LogP contribution in [0.15, 0.2) is 23.3 Å². The van der Waals surface area contributed by atoms with Gasteiger partial charge in [0, 0.05) is 0 Å². The van der Waals surface area contributed by atoms with Crippen LogP contribution in [0.4, 0.5) is 0 Å². The van der Waals surface area contributed by atoms with Crippen molar-refractivity contribution in [1.29, 1.82) is 0 Å². The summed E-state index contributed by atoms with van der Waals surface area (Å²) in [7, 11) is 0. The van der Waals surface area contributed by atoms with Crippen molar-refractivity contribution in [2.24, 2.45) is 0 Å². The molecular weight excluding hydrogens is 180 g/mol. The summed E-state index contributed by atoms with van der Waals surface area (Å²) in [6, 6.07) is 0. The standard InChI is InChI=1S/C11H14O3/c1-8-6-10(13)7-9(2)11(8,3)14-5-4-12/h4,6-7H,5H2,1-3H3. The fourth-order valence-corrected chi connectivity index (χ4v) is 1.48. The molecule has 0 heterocycles. The van der Waals surface area contributed by atoms with Gasteiger partial charge in [-0.2, -0.15) is 0 Å².